The summed E-state index contributed by atoms with van der Waals surface area (Å²) in [7, 11) is 1.81. The van der Waals surface area contributed by atoms with Gasteiger partial charge in [0.05, 0.1) is 23.7 Å². The van der Waals surface area contributed by atoms with Crippen LogP contribution in [0.25, 0.3) is 0 Å². The molecular weight excluding hydrogens is 302 g/mol. The van der Waals surface area contributed by atoms with Crippen LogP contribution >= 0.6 is 11.6 Å². The summed E-state index contributed by atoms with van der Waals surface area (Å²) in [5, 5.41) is 0.432. The van der Waals surface area contributed by atoms with E-state index >= 15 is 0 Å². The third-order valence-corrected chi connectivity index (χ3v) is 3.80. The van der Waals surface area contributed by atoms with E-state index in [1.54, 1.807) is 41.8 Å². The van der Waals surface area contributed by atoms with Gasteiger partial charge < -0.3 is 9.30 Å². The predicted octanol–water partition coefficient (Wildman–Crippen LogP) is 3.41. The quantitative estimate of drug-likeness (QED) is 0.605. The van der Waals surface area contributed by atoms with Crippen molar-refractivity contribution in [1.82, 2.24) is 4.57 Å². The summed E-state index contributed by atoms with van der Waals surface area (Å²) in [6.45, 7) is 2.16. The number of hydrogen-bond acceptors (Lipinski definition) is 3. The second-order valence-electron chi connectivity index (χ2n) is 4.88. The van der Waals surface area contributed by atoms with Crippen molar-refractivity contribution in [3.8, 4) is 0 Å². The van der Waals surface area contributed by atoms with Crippen LogP contribution in [0.15, 0.2) is 36.4 Å². The first kappa shape index (κ1) is 16.3. The first-order chi connectivity index (χ1) is 10.5. The fourth-order valence-electron chi connectivity index (χ4n) is 2.28. The Morgan fingerprint density at radius 2 is 1.91 bits per heavy atom. The van der Waals surface area contributed by atoms with Crippen LogP contribution in [0.1, 0.15) is 35.1 Å². The highest BCUT2D eigenvalue weighted by atomic mass is 35.5. The highest BCUT2D eigenvalue weighted by molar-refractivity contribution is 6.34. The average molecular weight is 320 g/mol. The number of ketones is 1. The normalized spacial score (nSPS) is 10.5. The van der Waals surface area contributed by atoms with Crippen molar-refractivity contribution in [2.75, 3.05) is 6.61 Å². The van der Waals surface area contributed by atoms with Crippen LogP contribution in [-0.4, -0.2) is 22.9 Å². The second kappa shape index (κ2) is 7.27. The van der Waals surface area contributed by atoms with E-state index < -0.39 is 0 Å². The van der Waals surface area contributed by atoms with Gasteiger partial charge in [-0.05, 0) is 37.6 Å². The molecule has 0 aliphatic carbocycles. The molecule has 5 heteroatoms. The van der Waals surface area contributed by atoms with Crippen molar-refractivity contribution in [3.63, 3.8) is 0 Å². The third-order valence-electron chi connectivity index (χ3n) is 3.47. The summed E-state index contributed by atoms with van der Waals surface area (Å²) in [5.74, 6) is -0.363. The first-order valence-electron chi connectivity index (χ1n) is 7.14. The summed E-state index contributed by atoms with van der Waals surface area (Å²) in [5.41, 5.74) is 1.93. The molecule has 22 heavy (non-hydrogen) atoms. The number of rotatable bonds is 6. The molecule has 1 aromatic heterocycles. The van der Waals surface area contributed by atoms with Crippen LogP contribution in [0, 0.1) is 0 Å². The lowest BCUT2D eigenvalue weighted by Gasteiger charge is -2.08. The number of hydrogen-bond donors (Lipinski definition) is 0. The summed E-state index contributed by atoms with van der Waals surface area (Å²) < 4.78 is 6.71. The minimum atomic E-state index is -0.234. The molecule has 0 aliphatic rings. The molecule has 0 aliphatic heterocycles. The highest BCUT2D eigenvalue weighted by Gasteiger charge is 2.17. The smallest absolute Gasteiger partial charge is 0.306 e. The lowest BCUT2D eigenvalue weighted by Crippen LogP contribution is -2.11. The Morgan fingerprint density at radius 3 is 2.59 bits per heavy atom. The van der Waals surface area contributed by atoms with Crippen LogP contribution in [0.4, 0.5) is 0 Å². The number of benzene rings is 1. The fourth-order valence-corrected chi connectivity index (χ4v) is 2.50. The molecule has 0 saturated carbocycles. The van der Waals surface area contributed by atoms with Crippen molar-refractivity contribution in [3.05, 3.63) is 58.4 Å². The molecule has 0 fully saturated rings. The van der Waals surface area contributed by atoms with E-state index in [4.69, 9.17) is 16.3 Å². The van der Waals surface area contributed by atoms with Gasteiger partial charge in [0.1, 0.15) is 0 Å². The number of nitrogens with zero attached hydrogens (tertiary/aromatic N) is 1. The number of ether oxygens (including phenoxy) is 1. The van der Waals surface area contributed by atoms with E-state index in [2.05, 4.69) is 0 Å². The van der Waals surface area contributed by atoms with Crippen LogP contribution in [0.5, 0.6) is 0 Å². The largest absolute Gasteiger partial charge is 0.466 e. The van der Waals surface area contributed by atoms with E-state index in [1.807, 2.05) is 13.1 Å². The number of aryl methyl sites for hydroxylation is 1. The number of carbonyl (C=O) groups is 2. The topological polar surface area (TPSA) is 48.3 Å². The van der Waals surface area contributed by atoms with Gasteiger partial charge >= 0.3 is 5.97 Å². The Hall–Kier alpha value is -2.07. The fraction of sp³-hybridized carbons (Fsp3) is 0.294. The van der Waals surface area contributed by atoms with Gasteiger partial charge in [0.2, 0.25) is 5.78 Å². The number of esters is 1. The van der Waals surface area contributed by atoms with Gasteiger partial charge in [-0.2, -0.15) is 0 Å². The van der Waals surface area contributed by atoms with Gasteiger partial charge in [-0.15, -0.1) is 0 Å². The maximum absolute atomic E-state index is 12.5. The summed E-state index contributed by atoms with van der Waals surface area (Å²) in [6, 6.07) is 10.6. The molecule has 0 saturated heterocycles. The summed E-state index contributed by atoms with van der Waals surface area (Å²) in [6.07, 6.45) is 0.830. The highest BCUT2D eigenvalue weighted by Crippen LogP contribution is 2.20. The molecule has 0 amide bonds. The molecule has 2 aromatic rings. The lowest BCUT2D eigenvalue weighted by molar-refractivity contribution is -0.143. The van der Waals surface area contributed by atoms with Gasteiger partial charge in [-0.25, -0.2) is 0 Å². The molecule has 0 radical (unpaired) electrons. The Labute approximate surface area is 134 Å². The Balaban J connectivity index is 2.16. The Kier molecular flexibility index (Phi) is 5.39. The van der Waals surface area contributed by atoms with Crippen molar-refractivity contribution < 1.29 is 14.3 Å². The van der Waals surface area contributed by atoms with Gasteiger partial charge in [0, 0.05) is 18.3 Å². The number of carbonyl (C=O) groups excluding carboxylic acids is 2. The molecule has 1 heterocycles. The Bertz CT molecular complexity index is 691. The van der Waals surface area contributed by atoms with Gasteiger partial charge in [-0.1, -0.05) is 23.7 Å². The SMILES string of the molecule is CCOC(=O)CCc1ccc(C(=O)c2ccccc2Cl)n1C. The standard InChI is InChI=1S/C17H18ClNO3/c1-3-22-16(20)11-9-12-8-10-15(19(12)2)17(21)13-6-4-5-7-14(13)18/h4-8,10H,3,9,11H2,1-2H3. The van der Waals surface area contributed by atoms with Crippen molar-refractivity contribution >= 4 is 23.4 Å². The number of halogens is 1. The molecule has 4 nitrogen and oxygen atoms in total. The maximum atomic E-state index is 12.5. The zero-order chi connectivity index (χ0) is 16.1. The maximum Gasteiger partial charge on any atom is 0.306 e. The minimum absolute atomic E-state index is 0.129. The molecule has 0 atom stereocenters. The Morgan fingerprint density at radius 1 is 1.18 bits per heavy atom. The predicted molar refractivity (Wildman–Crippen MR) is 85.3 cm³/mol. The molecule has 1 aromatic carbocycles. The van der Waals surface area contributed by atoms with Crippen LogP contribution in [0.3, 0.4) is 0 Å². The zero-order valence-electron chi connectivity index (χ0n) is 12.6. The minimum Gasteiger partial charge on any atom is -0.466 e. The lowest BCUT2D eigenvalue weighted by atomic mass is 10.1. The van der Waals surface area contributed by atoms with Crippen molar-refractivity contribution in [2.24, 2.45) is 7.05 Å². The molecule has 2 rings (SSSR count). The third kappa shape index (κ3) is 3.57. The van der Waals surface area contributed by atoms with E-state index in [0.717, 1.165) is 5.69 Å². The molecule has 0 N–H and O–H groups in total. The molecule has 0 bridgehead atoms. The summed E-state index contributed by atoms with van der Waals surface area (Å²) in [4.78, 5) is 24.0. The van der Waals surface area contributed by atoms with Crippen LogP contribution < -0.4 is 0 Å². The molecule has 116 valence electrons. The van der Waals surface area contributed by atoms with E-state index in [9.17, 15) is 9.59 Å². The van der Waals surface area contributed by atoms with Crippen LogP contribution in [-0.2, 0) is 23.0 Å². The van der Waals surface area contributed by atoms with E-state index in [1.165, 1.54) is 0 Å². The second-order valence-corrected chi connectivity index (χ2v) is 5.29. The van der Waals surface area contributed by atoms with Crippen molar-refractivity contribution in [1.29, 1.82) is 0 Å². The van der Waals surface area contributed by atoms with E-state index in [-0.39, 0.29) is 11.8 Å². The molecule has 0 unspecified atom stereocenters. The molecular formula is C17H18ClNO3. The van der Waals surface area contributed by atoms with Crippen molar-refractivity contribution in [2.45, 2.75) is 19.8 Å². The average Bonchev–Trinajstić information content (AvgIpc) is 2.86. The molecule has 0 spiro atoms. The van der Waals surface area contributed by atoms with Gasteiger partial charge in [0.25, 0.3) is 0 Å². The van der Waals surface area contributed by atoms with Crippen LogP contribution in [0.2, 0.25) is 5.02 Å². The zero-order valence-corrected chi connectivity index (χ0v) is 13.4. The first-order valence-corrected chi connectivity index (χ1v) is 7.51. The number of aromatic nitrogens is 1. The van der Waals surface area contributed by atoms with Gasteiger partial charge in [0.15, 0.2) is 0 Å². The van der Waals surface area contributed by atoms with Gasteiger partial charge in [-0.3, -0.25) is 9.59 Å². The van der Waals surface area contributed by atoms with E-state index in [0.29, 0.717) is 35.7 Å². The summed E-state index contributed by atoms with van der Waals surface area (Å²) >= 11 is 6.07. The monoisotopic (exact) mass is 319 g/mol.